The summed E-state index contributed by atoms with van der Waals surface area (Å²) in [6.07, 6.45) is 0.763. The number of halogens is 2. The first-order chi connectivity index (χ1) is 12.7. The van der Waals surface area contributed by atoms with E-state index in [1.807, 2.05) is 0 Å². The van der Waals surface area contributed by atoms with Crippen LogP contribution in [0.2, 0.25) is 10.0 Å². The minimum absolute atomic E-state index is 0.0696. The van der Waals surface area contributed by atoms with Crippen LogP contribution in [-0.4, -0.2) is 40.3 Å². The third-order valence-electron chi connectivity index (χ3n) is 4.36. The molecule has 1 aliphatic heterocycles. The molecule has 6 nitrogen and oxygen atoms in total. The molecule has 0 radical (unpaired) electrons. The van der Waals surface area contributed by atoms with E-state index < -0.39 is 20.0 Å². The fourth-order valence-corrected chi connectivity index (χ4v) is 6.07. The summed E-state index contributed by atoms with van der Waals surface area (Å²) in [4.78, 5) is 0.260. The minimum Gasteiger partial charge on any atom is -0.208 e. The van der Waals surface area contributed by atoms with Crippen LogP contribution in [0.5, 0.6) is 0 Å². The predicted molar refractivity (Wildman–Crippen MR) is 105 cm³/mol. The van der Waals surface area contributed by atoms with Crippen molar-refractivity contribution in [3.8, 4) is 0 Å². The van der Waals surface area contributed by atoms with Gasteiger partial charge < -0.3 is 0 Å². The van der Waals surface area contributed by atoms with Crippen molar-refractivity contribution >= 4 is 43.2 Å². The molecule has 0 atom stereocenters. The average Bonchev–Trinajstić information content (AvgIpc) is 2.65. The van der Waals surface area contributed by atoms with E-state index in [1.54, 1.807) is 18.2 Å². The molecular formula is C17H18Cl2N2O4S2. The lowest BCUT2D eigenvalue weighted by molar-refractivity contribution is 0.308. The van der Waals surface area contributed by atoms with E-state index >= 15 is 0 Å². The number of nitrogens with one attached hydrogen (secondary N) is 1. The van der Waals surface area contributed by atoms with Crippen LogP contribution in [0.15, 0.2) is 58.3 Å². The number of rotatable bonds is 5. The molecule has 0 aliphatic carbocycles. The van der Waals surface area contributed by atoms with E-state index in [2.05, 4.69) is 4.72 Å². The molecule has 0 aromatic heterocycles. The molecule has 3 rings (SSSR count). The Morgan fingerprint density at radius 1 is 0.852 bits per heavy atom. The van der Waals surface area contributed by atoms with E-state index in [9.17, 15) is 16.8 Å². The van der Waals surface area contributed by atoms with Crippen LogP contribution < -0.4 is 4.72 Å². The molecule has 1 aliphatic rings. The summed E-state index contributed by atoms with van der Waals surface area (Å²) in [5.41, 5.74) is 0. The van der Waals surface area contributed by atoms with Crippen LogP contribution in [-0.2, 0) is 20.0 Å². The second-order valence-electron chi connectivity index (χ2n) is 6.19. The Bertz CT molecular complexity index is 1020. The summed E-state index contributed by atoms with van der Waals surface area (Å²) in [6, 6.07) is 11.9. The van der Waals surface area contributed by atoms with Crippen molar-refractivity contribution in [3.63, 3.8) is 0 Å². The summed E-state index contributed by atoms with van der Waals surface area (Å²) in [6.45, 7) is 0.426. The number of piperidine rings is 1. The van der Waals surface area contributed by atoms with Crippen LogP contribution in [0, 0.1) is 0 Å². The Kier molecular flexibility index (Phi) is 6.14. The van der Waals surface area contributed by atoms with E-state index in [0.29, 0.717) is 12.8 Å². The van der Waals surface area contributed by atoms with Gasteiger partial charge in [-0.3, -0.25) is 0 Å². The Hall–Kier alpha value is -1.16. The number of nitrogens with zero attached hydrogens (tertiary/aromatic N) is 1. The molecule has 0 spiro atoms. The highest BCUT2D eigenvalue weighted by molar-refractivity contribution is 7.89. The first-order valence-corrected chi connectivity index (χ1v) is 11.9. The van der Waals surface area contributed by atoms with Gasteiger partial charge in [-0.15, -0.1) is 0 Å². The molecule has 1 heterocycles. The molecule has 2 aromatic rings. The zero-order valence-corrected chi connectivity index (χ0v) is 17.3. The van der Waals surface area contributed by atoms with E-state index in [4.69, 9.17) is 23.2 Å². The number of benzene rings is 2. The Labute approximate surface area is 169 Å². The zero-order chi connectivity index (χ0) is 19.7. The Morgan fingerprint density at radius 2 is 1.48 bits per heavy atom. The summed E-state index contributed by atoms with van der Waals surface area (Å²) in [7, 11) is -7.33. The van der Waals surface area contributed by atoms with Crippen LogP contribution in [0.4, 0.5) is 0 Å². The van der Waals surface area contributed by atoms with E-state index in [1.165, 1.54) is 34.6 Å². The number of hydrogen-bond acceptors (Lipinski definition) is 4. The fourth-order valence-electron chi connectivity index (χ4n) is 2.89. The van der Waals surface area contributed by atoms with Gasteiger partial charge in [0.1, 0.15) is 0 Å². The lowest BCUT2D eigenvalue weighted by Gasteiger charge is -2.31. The van der Waals surface area contributed by atoms with Crippen molar-refractivity contribution in [1.29, 1.82) is 0 Å². The van der Waals surface area contributed by atoms with Crippen molar-refractivity contribution in [2.45, 2.75) is 28.7 Å². The standard InChI is InChI=1S/C17H18Cl2N2O4S2/c18-16-7-6-15(12-17(16)19)27(24,25)21-10-8-13(9-11-21)20-26(22,23)14-4-2-1-3-5-14/h1-7,12-13,20H,8-11H2. The molecule has 2 aromatic carbocycles. The normalized spacial score (nSPS) is 17.1. The molecule has 0 bridgehead atoms. The molecule has 1 saturated heterocycles. The lowest BCUT2D eigenvalue weighted by atomic mass is 10.1. The van der Waals surface area contributed by atoms with Crippen molar-refractivity contribution in [1.82, 2.24) is 9.03 Å². The molecule has 10 heteroatoms. The maximum absolute atomic E-state index is 12.7. The van der Waals surface area contributed by atoms with Gasteiger partial charge in [0.2, 0.25) is 20.0 Å². The Balaban J connectivity index is 1.67. The van der Waals surface area contributed by atoms with Gasteiger partial charge in [-0.25, -0.2) is 21.6 Å². The van der Waals surface area contributed by atoms with Crippen LogP contribution in [0.25, 0.3) is 0 Å². The van der Waals surface area contributed by atoms with Gasteiger partial charge in [0.25, 0.3) is 0 Å². The molecule has 1 N–H and O–H groups in total. The first kappa shape index (κ1) is 20.6. The molecule has 146 valence electrons. The topological polar surface area (TPSA) is 83.6 Å². The molecule has 0 amide bonds. The SMILES string of the molecule is O=S(=O)(NC1CCN(S(=O)(=O)c2ccc(Cl)c(Cl)c2)CC1)c1ccccc1. The number of hydrogen-bond donors (Lipinski definition) is 1. The summed E-state index contributed by atoms with van der Waals surface area (Å²) >= 11 is 11.8. The molecule has 27 heavy (non-hydrogen) atoms. The molecule has 1 fully saturated rings. The average molecular weight is 449 g/mol. The Morgan fingerprint density at radius 3 is 2.07 bits per heavy atom. The van der Waals surface area contributed by atoms with Crippen molar-refractivity contribution < 1.29 is 16.8 Å². The van der Waals surface area contributed by atoms with Gasteiger partial charge >= 0.3 is 0 Å². The van der Waals surface area contributed by atoms with Crippen molar-refractivity contribution in [2.24, 2.45) is 0 Å². The maximum atomic E-state index is 12.7. The van der Waals surface area contributed by atoms with Gasteiger partial charge in [0, 0.05) is 19.1 Å². The number of sulfonamides is 2. The maximum Gasteiger partial charge on any atom is 0.243 e. The first-order valence-electron chi connectivity index (χ1n) is 8.23. The highest BCUT2D eigenvalue weighted by Crippen LogP contribution is 2.28. The van der Waals surface area contributed by atoms with Gasteiger partial charge in [-0.2, -0.15) is 4.31 Å². The summed E-state index contributed by atoms with van der Waals surface area (Å²) < 4.78 is 54.3. The fraction of sp³-hybridized carbons (Fsp3) is 0.294. The molecular weight excluding hydrogens is 431 g/mol. The van der Waals surface area contributed by atoms with E-state index in [-0.39, 0.29) is 39.0 Å². The van der Waals surface area contributed by atoms with Crippen molar-refractivity contribution in [2.75, 3.05) is 13.1 Å². The van der Waals surface area contributed by atoms with Gasteiger partial charge in [0.15, 0.2) is 0 Å². The second-order valence-corrected chi connectivity index (χ2v) is 10.7. The van der Waals surface area contributed by atoms with Crippen LogP contribution >= 0.6 is 23.2 Å². The molecule has 0 unspecified atom stereocenters. The predicted octanol–water partition coefficient (Wildman–Crippen LogP) is 3.13. The largest absolute Gasteiger partial charge is 0.243 e. The minimum atomic E-state index is -3.71. The smallest absolute Gasteiger partial charge is 0.208 e. The lowest BCUT2D eigenvalue weighted by Crippen LogP contribution is -2.46. The second kappa shape index (κ2) is 8.06. The summed E-state index contributed by atoms with van der Waals surface area (Å²) in [5, 5.41) is 0.452. The third kappa shape index (κ3) is 4.64. The zero-order valence-electron chi connectivity index (χ0n) is 14.2. The highest BCUT2D eigenvalue weighted by atomic mass is 35.5. The third-order valence-corrected chi connectivity index (χ3v) is 8.53. The molecule has 0 saturated carbocycles. The van der Waals surface area contributed by atoms with Gasteiger partial charge in [-0.1, -0.05) is 41.4 Å². The van der Waals surface area contributed by atoms with Gasteiger partial charge in [0.05, 0.1) is 19.8 Å². The van der Waals surface area contributed by atoms with Crippen molar-refractivity contribution in [3.05, 3.63) is 58.6 Å². The summed E-state index contributed by atoms with van der Waals surface area (Å²) in [5.74, 6) is 0. The highest BCUT2D eigenvalue weighted by Gasteiger charge is 2.31. The quantitative estimate of drug-likeness (QED) is 0.761. The van der Waals surface area contributed by atoms with Crippen LogP contribution in [0.1, 0.15) is 12.8 Å². The van der Waals surface area contributed by atoms with Crippen LogP contribution in [0.3, 0.4) is 0 Å². The van der Waals surface area contributed by atoms with Gasteiger partial charge in [-0.05, 0) is 43.2 Å². The monoisotopic (exact) mass is 448 g/mol. The van der Waals surface area contributed by atoms with E-state index in [0.717, 1.165) is 0 Å².